The third-order valence-corrected chi connectivity index (χ3v) is 5.25. The highest BCUT2D eigenvalue weighted by molar-refractivity contribution is 5.79. The zero-order valence-electron chi connectivity index (χ0n) is 15.0. The summed E-state index contributed by atoms with van der Waals surface area (Å²) in [6, 6.07) is 10.8. The molecule has 1 aromatic heterocycles. The Morgan fingerprint density at radius 1 is 1.21 bits per heavy atom. The summed E-state index contributed by atoms with van der Waals surface area (Å²) in [5.41, 5.74) is 4.47. The number of benzene rings is 1. The fourth-order valence-corrected chi connectivity index (χ4v) is 3.75. The number of aryl methyl sites for hydroxylation is 2. The predicted octanol–water partition coefficient (Wildman–Crippen LogP) is 3.20. The maximum atomic E-state index is 13.0. The second-order valence-electron chi connectivity index (χ2n) is 6.88. The van der Waals surface area contributed by atoms with Crippen LogP contribution in [-0.4, -0.2) is 33.2 Å². The van der Waals surface area contributed by atoms with Gasteiger partial charge in [0.2, 0.25) is 5.91 Å². The largest absolute Gasteiger partial charge is 0.339 e. The predicted molar refractivity (Wildman–Crippen MR) is 95.9 cm³/mol. The van der Waals surface area contributed by atoms with Crippen LogP contribution in [0.2, 0.25) is 0 Å². The Bertz CT molecular complexity index is 705. The molecule has 2 heterocycles. The van der Waals surface area contributed by atoms with Gasteiger partial charge in [0, 0.05) is 30.9 Å². The SMILES string of the molecule is Cc1nn(C)c(C)c1CC(=O)N1CCCCC1Cc1ccccc1. The lowest BCUT2D eigenvalue weighted by atomic mass is 9.94. The van der Waals surface area contributed by atoms with E-state index >= 15 is 0 Å². The van der Waals surface area contributed by atoms with E-state index in [1.54, 1.807) is 0 Å². The van der Waals surface area contributed by atoms with Crippen LogP contribution >= 0.6 is 0 Å². The molecule has 0 saturated carbocycles. The highest BCUT2D eigenvalue weighted by Gasteiger charge is 2.27. The average Bonchev–Trinajstić information content (AvgIpc) is 2.82. The molecule has 1 saturated heterocycles. The Balaban J connectivity index is 1.73. The van der Waals surface area contributed by atoms with E-state index in [1.807, 2.05) is 31.6 Å². The number of likely N-dealkylation sites (tertiary alicyclic amines) is 1. The van der Waals surface area contributed by atoms with Crippen molar-refractivity contribution in [1.82, 2.24) is 14.7 Å². The fraction of sp³-hybridized carbons (Fsp3) is 0.500. The van der Waals surface area contributed by atoms with Crippen molar-refractivity contribution >= 4 is 5.91 Å². The molecule has 1 aliphatic rings. The third-order valence-electron chi connectivity index (χ3n) is 5.25. The van der Waals surface area contributed by atoms with Crippen LogP contribution in [0.15, 0.2) is 30.3 Å². The first-order valence-corrected chi connectivity index (χ1v) is 8.88. The van der Waals surface area contributed by atoms with E-state index in [0.717, 1.165) is 42.8 Å². The average molecular weight is 325 g/mol. The molecular weight excluding hydrogens is 298 g/mol. The van der Waals surface area contributed by atoms with Crippen LogP contribution in [0.1, 0.15) is 41.8 Å². The highest BCUT2D eigenvalue weighted by Crippen LogP contribution is 2.23. The molecule has 24 heavy (non-hydrogen) atoms. The molecule has 1 aromatic carbocycles. The second kappa shape index (κ2) is 7.20. The molecule has 0 spiro atoms. The first-order valence-electron chi connectivity index (χ1n) is 8.88. The van der Waals surface area contributed by atoms with Gasteiger partial charge in [0.1, 0.15) is 0 Å². The fourth-order valence-electron chi connectivity index (χ4n) is 3.75. The molecule has 2 aromatic rings. The first-order chi connectivity index (χ1) is 11.6. The number of carbonyl (C=O) groups is 1. The summed E-state index contributed by atoms with van der Waals surface area (Å²) in [5.74, 6) is 0.245. The molecule has 4 heteroatoms. The molecule has 4 nitrogen and oxygen atoms in total. The molecule has 1 amide bonds. The molecule has 1 unspecified atom stereocenters. The molecule has 3 rings (SSSR count). The normalized spacial score (nSPS) is 18.0. The number of hydrogen-bond acceptors (Lipinski definition) is 2. The molecule has 0 radical (unpaired) electrons. The first kappa shape index (κ1) is 16.7. The van der Waals surface area contributed by atoms with Gasteiger partial charge >= 0.3 is 0 Å². The summed E-state index contributed by atoms with van der Waals surface area (Å²) in [6.07, 6.45) is 4.86. The van der Waals surface area contributed by atoms with Crippen molar-refractivity contribution in [3.63, 3.8) is 0 Å². The van der Waals surface area contributed by atoms with Crippen LogP contribution in [0.5, 0.6) is 0 Å². The maximum Gasteiger partial charge on any atom is 0.227 e. The van der Waals surface area contributed by atoms with Gasteiger partial charge in [-0.3, -0.25) is 9.48 Å². The number of aromatic nitrogens is 2. The topological polar surface area (TPSA) is 38.1 Å². The van der Waals surface area contributed by atoms with Crippen LogP contribution in [0.4, 0.5) is 0 Å². The number of amides is 1. The van der Waals surface area contributed by atoms with Gasteiger partial charge in [-0.2, -0.15) is 5.10 Å². The number of piperidine rings is 1. The summed E-state index contributed by atoms with van der Waals surface area (Å²) in [7, 11) is 1.94. The zero-order valence-corrected chi connectivity index (χ0v) is 15.0. The van der Waals surface area contributed by atoms with Gasteiger partial charge in [-0.15, -0.1) is 0 Å². The van der Waals surface area contributed by atoms with Gasteiger partial charge in [0.15, 0.2) is 0 Å². The Hall–Kier alpha value is -2.10. The van der Waals surface area contributed by atoms with Crippen LogP contribution in [0, 0.1) is 13.8 Å². The van der Waals surface area contributed by atoms with Gasteiger partial charge in [0.25, 0.3) is 0 Å². The molecule has 1 aliphatic heterocycles. The van der Waals surface area contributed by atoms with E-state index in [2.05, 4.69) is 34.3 Å². The van der Waals surface area contributed by atoms with Crippen molar-refractivity contribution < 1.29 is 4.79 Å². The summed E-state index contributed by atoms with van der Waals surface area (Å²) in [6.45, 7) is 4.92. The monoisotopic (exact) mass is 325 g/mol. The van der Waals surface area contributed by atoms with Crippen molar-refractivity contribution in [3.05, 3.63) is 52.8 Å². The molecule has 0 aliphatic carbocycles. The van der Waals surface area contributed by atoms with Crippen LogP contribution in [-0.2, 0) is 24.7 Å². The highest BCUT2D eigenvalue weighted by atomic mass is 16.2. The number of hydrogen-bond donors (Lipinski definition) is 0. The van der Waals surface area contributed by atoms with E-state index in [0.29, 0.717) is 12.5 Å². The Kier molecular flexibility index (Phi) is 5.03. The van der Waals surface area contributed by atoms with E-state index in [-0.39, 0.29) is 5.91 Å². The van der Waals surface area contributed by atoms with Crippen LogP contribution in [0.3, 0.4) is 0 Å². The van der Waals surface area contributed by atoms with E-state index in [9.17, 15) is 4.79 Å². The molecule has 1 fully saturated rings. The van der Waals surface area contributed by atoms with E-state index in [4.69, 9.17) is 0 Å². The summed E-state index contributed by atoms with van der Waals surface area (Å²) in [5, 5.41) is 4.44. The standard InChI is InChI=1S/C20H27N3O/c1-15-19(16(2)22(3)21-15)14-20(24)23-12-8-7-11-18(23)13-17-9-5-4-6-10-17/h4-6,9-10,18H,7-8,11-14H2,1-3H3. The van der Waals surface area contributed by atoms with E-state index < -0.39 is 0 Å². The van der Waals surface area contributed by atoms with Gasteiger partial charge in [-0.1, -0.05) is 30.3 Å². The van der Waals surface area contributed by atoms with Gasteiger partial charge in [-0.05, 0) is 45.1 Å². The summed E-state index contributed by atoms with van der Waals surface area (Å²) < 4.78 is 1.87. The number of rotatable bonds is 4. The lowest BCUT2D eigenvalue weighted by Crippen LogP contribution is -2.45. The van der Waals surface area contributed by atoms with Crippen molar-refractivity contribution in [1.29, 1.82) is 0 Å². The Labute approximate surface area is 144 Å². The van der Waals surface area contributed by atoms with Crippen molar-refractivity contribution in [2.24, 2.45) is 7.05 Å². The Morgan fingerprint density at radius 2 is 1.96 bits per heavy atom. The third kappa shape index (κ3) is 3.53. The minimum Gasteiger partial charge on any atom is -0.339 e. The van der Waals surface area contributed by atoms with Crippen LogP contribution < -0.4 is 0 Å². The molecule has 0 bridgehead atoms. The van der Waals surface area contributed by atoms with Crippen LogP contribution in [0.25, 0.3) is 0 Å². The summed E-state index contributed by atoms with van der Waals surface area (Å²) in [4.78, 5) is 15.1. The molecule has 128 valence electrons. The van der Waals surface area contributed by atoms with Gasteiger partial charge in [0.05, 0.1) is 12.1 Å². The molecule has 1 atom stereocenters. The van der Waals surface area contributed by atoms with E-state index in [1.165, 1.54) is 12.0 Å². The van der Waals surface area contributed by atoms with Crippen molar-refractivity contribution in [3.8, 4) is 0 Å². The number of carbonyl (C=O) groups excluding carboxylic acids is 1. The minimum atomic E-state index is 0.245. The van der Waals surface area contributed by atoms with Crippen molar-refractivity contribution in [2.75, 3.05) is 6.54 Å². The lowest BCUT2D eigenvalue weighted by Gasteiger charge is -2.36. The number of nitrogens with zero attached hydrogens (tertiary/aromatic N) is 3. The second-order valence-corrected chi connectivity index (χ2v) is 6.88. The van der Waals surface area contributed by atoms with Gasteiger partial charge < -0.3 is 4.90 Å². The van der Waals surface area contributed by atoms with Gasteiger partial charge in [-0.25, -0.2) is 0 Å². The quantitative estimate of drug-likeness (QED) is 0.866. The lowest BCUT2D eigenvalue weighted by molar-refractivity contribution is -0.134. The molecule has 0 N–H and O–H groups in total. The smallest absolute Gasteiger partial charge is 0.227 e. The summed E-state index contributed by atoms with van der Waals surface area (Å²) >= 11 is 0. The van der Waals surface area contributed by atoms with Crippen molar-refractivity contribution in [2.45, 2.75) is 52.0 Å². The Morgan fingerprint density at radius 3 is 2.62 bits per heavy atom. The molecular formula is C20H27N3O. The minimum absolute atomic E-state index is 0.245. The maximum absolute atomic E-state index is 13.0. The zero-order chi connectivity index (χ0) is 17.1.